The highest BCUT2D eigenvalue weighted by Gasteiger charge is 2.17. The Balaban J connectivity index is 2.47. The van der Waals surface area contributed by atoms with Crippen molar-refractivity contribution in [3.05, 3.63) is 29.8 Å². The Hall–Kier alpha value is -0.630. The summed E-state index contributed by atoms with van der Waals surface area (Å²) in [5.41, 5.74) is 1.29. The Morgan fingerprint density at radius 1 is 0.514 bits per heavy atom. The molecule has 0 N–H and O–H groups in total. The monoisotopic (exact) mass is 508 g/mol. The van der Waals surface area contributed by atoms with Crippen molar-refractivity contribution in [3.8, 4) is 5.75 Å². The molecule has 204 valence electrons. The maximum Gasteiger partial charge on any atom is 0.397 e. The molecule has 0 aliphatic rings. The smallest absolute Gasteiger partial charge is 0.397 e. The number of rotatable bonds is 26. The minimum atomic E-state index is -1.34. The molecule has 1 aromatic carbocycles. The third-order valence-corrected chi connectivity index (χ3v) is 7.72. The van der Waals surface area contributed by atoms with Crippen LogP contribution in [-0.4, -0.2) is 13.2 Å². The fourth-order valence-electron chi connectivity index (χ4n) is 4.29. The zero-order chi connectivity index (χ0) is 25.2. The van der Waals surface area contributed by atoms with Gasteiger partial charge in [-0.1, -0.05) is 142 Å². The van der Waals surface area contributed by atoms with E-state index in [9.17, 15) is 0 Å². The van der Waals surface area contributed by atoms with Gasteiger partial charge in [-0.3, -0.25) is 0 Å². The van der Waals surface area contributed by atoms with Gasteiger partial charge in [-0.05, 0) is 37.3 Å². The van der Waals surface area contributed by atoms with Crippen LogP contribution in [0.15, 0.2) is 24.3 Å². The Morgan fingerprint density at radius 3 is 1.46 bits per heavy atom. The van der Waals surface area contributed by atoms with Crippen molar-refractivity contribution in [1.82, 2.24) is 0 Å². The average molecular weight is 509 g/mol. The summed E-state index contributed by atoms with van der Waals surface area (Å²) in [5.74, 6) is 0.954. The van der Waals surface area contributed by atoms with E-state index in [1.807, 2.05) is 0 Å². The highest BCUT2D eigenvalue weighted by atomic mass is 31.2. The van der Waals surface area contributed by atoms with Crippen LogP contribution in [-0.2, 0) is 15.5 Å². The summed E-state index contributed by atoms with van der Waals surface area (Å²) >= 11 is 0. The minimum absolute atomic E-state index is 0.730. The maximum absolute atomic E-state index is 6.37. The molecule has 0 heterocycles. The van der Waals surface area contributed by atoms with E-state index in [4.69, 9.17) is 13.6 Å². The predicted molar refractivity (Wildman–Crippen MR) is 154 cm³/mol. The first-order valence-corrected chi connectivity index (χ1v) is 16.2. The van der Waals surface area contributed by atoms with Gasteiger partial charge >= 0.3 is 8.60 Å². The number of benzene rings is 1. The van der Waals surface area contributed by atoms with E-state index in [2.05, 4.69) is 45.0 Å². The molecule has 0 radical (unpaired) electrons. The lowest BCUT2D eigenvalue weighted by Crippen LogP contribution is -2.02. The van der Waals surface area contributed by atoms with Crippen molar-refractivity contribution in [1.29, 1.82) is 0 Å². The molecule has 0 atom stereocenters. The standard InChI is InChI=1S/C31H57O3P/c1-4-7-10-13-16-17-20-25-30-26-21-22-27-31(30)34-35(32-28-23-18-14-11-8-5-2)33-29-24-19-15-12-9-6-3/h21-22,26-27H,4-20,23-25,28-29H2,1-3H3. The number of hydrogen-bond donors (Lipinski definition) is 0. The van der Waals surface area contributed by atoms with Crippen molar-refractivity contribution in [2.75, 3.05) is 13.2 Å². The second-order valence-electron chi connectivity index (χ2n) is 10.00. The van der Waals surface area contributed by atoms with Crippen molar-refractivity contribution in [2.24, 2.45) is 0 Å². The van der Waals surface area contributed by atoms with Crippen LogP contribution < -0.4 is 4.52 Å². The maximum atomic E-state index is 6.37. The van der Waals surface area contributed by atoms with Crippen molar-refractivity contribution in [2.45, 2.75) is 149 Å². The van der Waals surface area contributed by atoms with Crippen LogP contribution in [0.1, 0.15) is 148 Å². The van der Waals surface area contributed by atoms with E-state index < -0.39 is 8.60 Å². The van der Waals surface area contributed by atoms with Gasteiger partial charge in [0, 0.05) is 0 Å². The van der Waals surface area contributed by atoms with Gasteiger partial charge in [0.05, 0.1) is 13.2 Å². The number of unbranched alkanes of at least 4 members (excludes halogenated alkanes) is 16. The first-order valence-electron chi connectivity index (χ1n) is 15.1. The molecule has 0 saturated carbocycles. The van der Waals surface area contributed by atoms with Crippen LogP contribution in [0.5, 0.6) is 5.75 Å². The summed E-state index contributed by atoms with van der Waals surface area (Å²) in [6.45, 7) is 8.27. The molecule has 4 heteroatoms. The highest BCUT2D eigenvalue weighted by Crippen LogP contribution is 2.42. The zero-order valence-corrected chi connectivity index (χ0v) is 24.4. The average Bonchev–Trinajstić information content (AvgIpc) is 2.87. The molecule has 3 nitrogen and oxygen atoms in total. The minimum Gasteiger partial charge on any atom is -0.426 e. The molecule has 0 bridgehead atoms. The summed E-state index contributed by atoms with van der Waals surface area (Å²) in [5, 5.41) is 0. The largest absolute Gasteiger partial charge is 0.426 e. The van der Waals surface area contributed by atoms with E-state index in [0.29, 0.717) is 0 Å². The molecule has 35 heavy (non-hydrogen) atoms. The van der Waals surface area contributed by atoms with Gasteiger partial charge in [0.1, 0.15) is 5.75 Å². The second kappa shape index (κ2) is 25.0. The lowest BCUT2D eigenvalue weighted by atomic mass is 10.0. The molecule has 0 aromatic heterocycles. The van der Waals surface area contributed by atoms with Gasteiger partial charge in [0.25, 0.3) is 0 Å². The third kappa shape index (κ3) is 19.2. The number of aryl methyl sites for hydroxylation is 1. The molecule has 0 unspecified atom stereocenters. The molecule has 0 fully saturated rings. The Bertz CT molecular complexity index is 548. The van der Waals surface area contributed by atoms with Gasteiger partial charge in [0.2, 0.25) is 0 Å². The van der Waals surface area contributed by atoms with Crippen LogP contribution in [0.25, 0.3) is 0 Å². The normalized spacial score (nSPS) is 11.4. The van der Waals surface area contributed by atoms with Crippen molar-refractivity contribution < 1.29 is 13.6 Å². The van der Waals surface area contributed by atoms with Gasteiger partial charge in [-0.2, -0.15) is 0 Å². The SMILES string of the molecule is CCCCCCCCCc1ccccc1OP(OCCCCCCCC)OCCCCCCCC. The van der Waals surface area contributed by atoms with Crippen LogP contribution >= 0.6 is 8.60 Å². The molecule has 1 aromatic rings. The molecule has 1 rings (SSSR count). The third-order valence-electron chi connectivity index (χ3n) is 6.58. The van der Waals surface area contributed by atoms with E-state index in [-0.39, 0.29) is 0 Å². The lowest BCUT2D eigenvalue weighted by Gasteiger charge is -2.19. The van der Waals surface area contributed by atoms with Crippen molar-refractivity contribution in [3.63, 3.8) is 0 Å². The van der Waals surface area contributed by atoms with E-state index >= 15 is 0 Å². The van der Waals surface area contributed by atoms with Crippen LogP contribution in [0.3, 0.4) is 0 Å². The molecular formula is C31H57O3P. The van der Waals surface area contributed by atoms with E-state index in [0.717, 1.165) is 38.2 Å². The van der Waals surface area contributed by atoms with Crippen LogP contribution in [0.2, 0.25) is 0 Å². The molecule has 0 aliphatic carbocycles. The zero-order valence-electron chi connectivity index (χ0n) is 23.5. The quantitative estimate of drug-likeness (QED) is 0.0919. The summed E-state index contributed by atoms with van der Waals surface area (Å²) in [4.78, 5) is 0. The van der Waals surface area contributed by atoms with Crippen molar-refractivity contribution >= 4 is 8.60 Å². The highest BCUT2D eigenvalue weighted by molar-refractivity contribution is 7.42. The second-order valence-corrected chi connectivity index (χ2v) is 11.1. The summed E-state index contributed by atoms with van der Waals surface area (Å²) < 4.78 is 18.7. The van der Waals surface area contributed by atoms with Gasteiger partial charge in [-0.15, -0.1) is 0 Å². The Kier molecular flexibility index (Phi) is 23.2. The molecule has 0 spiro atoms. The fourth-order valence-corrected chi connectivity index (χ4v) is 5.36. The topological polar surface area (TPSA) is 27.7 Å². The fraction of sp³-hybridized carbons (Fsp3) is 0.806. The van der Waals surface area contributed by atoms with Gasteiger partial charge in [0.15, 0.2) is 0 Å². The van der Waals surface area contributed by atoms with Gasteiger partial charge < -0.3 is 13.6 Å². The summed E-state index contributed by atoms with van der Waals surface area (Å²) in [6.07, 6.45) is 25.6. The lowest BCUT2D eigenvalue weighted by molar-refractivity contribution is 0.198. The molecule has 0 amide bonds. The van der Waals surface area contributed by atoms with Crippen LogP contribution in [0.4, 0.5) is 0 Å². The molecule has 0 saturated heterocycles. The van der Waals surface area contributed by atoms with E-state index in [1.54, 1.807) is 0 Å². The predicted octanol–water partition coefficient (Wildman–Crippen LogP) is 11.3. The Morgan fingerprint density at radius 2 is 0.943 bits per heavy atom. The first kappa shape index (κ1) is 32.4. The van der Waals surface area contributed by atoms with Crippen LogP contribution in [0, 0.1) is 0 Å². The number of para-hydroxylation sites is 1. The van der Waals surface area contributed by atoms with Gasteiger partial charge in [-0.25, -0.2) is 0 Å². The molecule has 0 aliphatic heterocycles. The number of hydrogen-bond acceptors (Lipinski definition) is 3. The summed E-state index contributed by atoms with van der Waals surface area (Å²) in [6, 6.07) is 8.49. The first-order chi connectivity index (χ1) is 17.3. The Labute approximate surface area is 220 Å². The molecular weight excluding hydrogens is 451 g/mol. The van der Waals surface area contributed by atoms with E-state index in [1.165, 1.54) is 115 Å². The summed E-state index contributed by atoms with van der Waals surface area (Å²) in [7, 11) is -1.34.